The summed E-state index contributed by atoms with van der Waals surface area (Å²) in [7, 11) is 1.35. The summed E-state index contributed by atoms with van der Waals surface area (Å²) in [5.41, 5.74) is 5.49. The lowest BCUT2D eigenvalue weighted by Gasteiger charge is -2.13. The number of hydrogen-bond acceptors (Lipinski definition) is 3. The second-order valence-electron chi connectivity index (χ2n) is 4.92. The third kappa shape index (κ3) is 3.99. The van der Waals surface area contributed by atoms with E-state index in [2.05, 4.69) is 47.4 Å². The molecule has 0 spiro atoms. The summed E-state index contributed by atoms with van der Waals surface area (Å²) in [5, 5.41) is 6.03. The van der Waals surface area contributed by atoms with Crippen LogP contribution in [0, 0.1) is 13.8 Å². The van der Waals surface area contributed by atoms with E-state index in [0.29, 0.717) is 5.69 Å². The molecule has 0 bridgehead atoms. The molecule has 21 heavy (non-hydrogen) atoms. The lowest BCUT2D eigenvalue weighted by atomic mass is 10.0. The van der Waals surface area contributed by atoms with Crippen LogP contribution in [0.25, 0.3) is 0 Å². The van der Waals surface area contributed by atoms with Gasteiger partial charge in [0.25, 0.3) is 0 Å². The van der Waals surface area contributed by atoms with E-state index < -0.39 is 6.09 Å². The minimum Gasteiger partial charge on any atom is -0.453 e. The molecular formula is C17H20N2O2. The zero-order chi connectivity index (χ0) is 15.2. The first-order valence-electron chi connectivity index (χ1n) is 6.84. The Kier molecular flexibility index (Phi) is 4.82. The number of aryl methyl sites for hydroxylation is 2. The fourth-order valence-corrected chi connectivity index (χ4v) is 2.19. The van der Waals surface area contributed by atoms with Gasteiger partial charge in [-0.05, 0) is 48.7 Å². The van der Waals surface area contributed by atoms with E-state index in [1.807, 2.05) is 24.3 Å². The summed E-state index contributed by atoms with van der Waals surface area (Å²) >= 11 is 0. The molecule has 2 aromatic carbocycles. The van der Waals surface area contributed by atoms with Crippen LogP contribution >= 0.6 is 0 Å². The fourth-order valence-electron chi connectivity index (χ4n) is 2.19. The Bertz CT molecular complexity index is 618. The molecular weight excluding hydrogens is 264 g/mol. The van der Waals surface area contributed by atoms with Crippen molar-refractivity contribution in [3.05, 3.63) is 59.2 Å². The van der Waals surface area contributed by atoms with E-state index in [1.54, 1.807) is 0 Å². The summed E-state index contributed by atoms with van der Waals surface area (Å²) in [6.07, 6.45) is -0.470. The number of amides is 1. The maximum Gasteiger partial charge on any atom is 0.411 e. The third-order valence-corrected chi connectivity index (χ3v) is 3.41. The van der Waals surface area contributed by atoms with E-state index in [4.69, 9.17) is 0 Å². The summed E-state index contributed by atoms with van der Waals surface area (Å²) in [4.78, 5) is 11.2. The van der Waals surface area contributed by atoms with Gasteiger partial charge < -0.3 is 10.1 Å². The van der Waals surface area contributed by atoms with Gasteiger partial charge in [-0.25, -0.2) is 4.79 Å². The Balaban J connectivity index is 2.07. The van der Waals surface area contributed by atoms with Gasteiger partial charge in [-0.1, -0.05) is 24.3 Å². The average molecular weight is 284 g/mol. The first-order valence-corrected chi connectivity index (χ1v) is 6.84. The van der Waals surface area contributed by atoms with Gasteiger partial charge in [-0.2, -0.15) is 0 Å². The highest BCUT2D eigenvalue weighted by molar-refractivity contribution is 5.85. The van der Waals surface area contributed by atoms with Crippen molar-refractivity contribution in [1.82, 2.24) is 0 Å². The van der Waals surface area contributed by atoms with E-state index in [9.17, 15) is 4.79 Å². The topological polar surface area (TPSA) is 50.4 Å². The fraction of sp³-hybridized carbons (Fsp3) is 0.235. The highest BCUT2D eigenvalue weighted by Crippen LogP contribution is 2.18. The molecule has 1 amide bonds. The normalized spacial score (nSPS) is 10.0. The van der Waals surface area contributed by atoms with Gasteiger partial charge in [0.15, 0.2) is 0 Å². The summed E-state index contributed by atoms with van der Waals surface area (Å²) in [6, 6.07) is 13.8. The van der Waals surface area contributed by atoms with Gasteiger partial charge in [0.1, 0.15) is 0 Å². The van der Waals surface area contributed by atoms with Crippen LogP contribution in [0.2, 0.25) is 0 Å². The highest BCUT2D eigenvalue weighted by Gasteiger charge is 2.04. The molecule has 4 heteroatoms. The van der Waals surface area contributed by atoms with Gasteiger partial charge in [-0.15, -0.1) is 0 Å². The van der Waals surface area contributed by atoms with E-state index in [0.717, 1.165) is 12.2 Å². The summed E-state index contributed by atoms with van der Waals surface area (Å²) < 4.78 is 4.58. The van der Waals surface area contributed by atoms with E-state index >= 15 is 0 Å². The number of methoxy groups -OCH3 is 1. The number of benzene rings is 2. The molecule has 0 aliphatic heterocycles. The summed E-state index contributed by atoms with van der Waals surface area (Å²) in [6.45, 7) is 4.97. The zero-order valence-corrected chi connectivity index (χ0v) is 12.6. The number of rotatable bonds is 4. The zero-order valence-electron chi connectivity index (χ0n) is 12.6. The molecule has 0 heterocycles. The van der Waals surface area contributed by atoms with Crippen LogP contribution in [-0.2, 0) is 11.3 Å². The van der Waals surface area contributed by atoms with E-state index in [-0.39, 0.29) is 0 Å². The molecule has 2 N–H and O–H groups in total. The average Bonchev–Trinajstić information content (AvgIpc) is 2.47. The predicted octanol–water partition coefficient (Wildman–Crippen LogP) is 4.09. The van der Waals surface area contributed by atoms with Gasteiger partial charge in [0.2, 0.25) is 0 Å². The molecule has 0 aliphatic rings. The smallest absolute Gasteiger partial charge is 0.411 e. The Morgan fingerprint density at radius 2 is 1.67 bits per heavy atom. The summed E-state index contributed by atoms with van der Waals surface area (Å²) in [5.74, 6) is 0. The third-order valence-electron chi connectivity index (χ3n) is 3.41. The van der Waals surface area contributed by atoms with Crippen LogP contribution in [0.3, 0.4) is 0 Å². The van der Waals surface area contributed by atoms with Crippen molar-refractivity contribution >= 4 is 17.5 Å². The van der Waals surface area contributed by atoms with Crippen LogP contribution in [0.5, 0.6) is 0 Å². The minimum atomic E-state index is -0.470. The quantitative estimate of drug-likeness (QED) is 0.889. The number of carbonyl (C=O) groups excluding carboxylic acids is 1. The predicted molar refractivity (Wildman–Crippen MR) is 85.7 cm³/mol. The van der Waals surface area contributed by atoms with Crippen LogP contribution in [0.4, 0.5) is 16.2 Å². The Hall–Kier alpha value is -2.49. The second-order valence-corrected chi connectivity index (χ2v) is 4.92. The van der Waals surface area contributed by atoms with Crippen molar-refractivity contribution in [2.45, 2.75) is 20.4 Å². The molecule has 110 valence electrons. The molecule has 2 rings (SSSR count). The van der Waals surface area contributed by atoms with Gasteiger partial charge >= 0.3 is 6.09 Å². The van der Waals surface area contributed by atoms with Crippen molar-refractivity contribution in [3.8, 4) is 0 Å². The second kappa shape index (κ2) is 6.79. The molecule has 4 nitrogen and oxygen atoms in total. The maximum absolute atomic E-state index is 11.2. The molecule has 0 saturated carbocycles. The van der Waals surface area contributed by atoms with E-state index in [1.165, 1.54) is 23.8 Å². The number of carbonyl (C=O) groups is 1. The van der Waals surface area contributed by atoms with Crippen molar-refractivity contribution in [2.24, 2.45) is 0 Å². The van der Waals surface area contributed by atoms with Crippen LogP contribution in [0.15, 0.2) is 42.5 Å². The van der Waals surface area contributed by atoms with Crippen molar-refractivity contribution in [1.29, 1.82) is 0 Å². The van der Waals surface area contributed by atoms with Gasteiger partial charge in [0, 0.05) is 17.9 Å². The van der Waals surface area contributed by atoms with Crippen molar-refractivity contribution in [3.63, 3.8) is 0 Å². The van der Waals surface area contributed by atoms with Gasteiger partial charge in [0.05, 0.1) is 7.11 Å². The molecule has 0 saturated heterocycles. The minimum absolute atomic E-state index is 0.470. The Labute approximate surface area is 125 Å². The molecule has 0 radical (unpaired) electrons. The Morgan fingerprint density at radius 3 is 2.33 bits per heavy atom. The SMILES string of the molecule is COC(=O)Nc1cccc(NCc2c(C)cccc2C)c1. The molecule has 0 unspecified atom stereocenters. The van der Waals surface area contributed by atoms with Crippen LogP contribution in [-0.4, -0.2) is 13.2 Å². The lowest BCUT2D eigenvalue weighted by Crippen LogP contribution is -2.11. The number of ether oxygens (including phenoxy) is 1. The van der Waals surface area contributed by atoms with Crippen molar-refractivity contribution < 1.29 is 9.53 Å². The van der Waals surface area contributed by atoms with Crippen LogP contribution < -0.4 is 10.6 Å². The van der Waals surface area contributed by atoms with Crippen molar-refractivity contribution in [2.75, 3.05) is 17.7 Å². The number of anilines is 2. The largest absolute Gasteiger partial charge is 0.453 e. The van der Waals surface area contributed by atoms with Gasteiger partial charge in [-0.3, -0.25) is 5.32 Å². The first kappa shape index (κ1) is 14.9. The monoisotopic (exact) mass is 284 g/mol. The first-order chi connectivity index (χ1) is 10.1. The molecule has 0 atom stereocenters. The van der Waals surface area contributed by atoms with Crippen LogP contribution in [0.1, 0.15) is 16.7 Å². The molecule has 2 aromatic rings. The lowest BCUT2D eigenvalue weighted by molar-refractivity contribution is 0.187. The maximum atomic E-state index is 11.2. The highest BCUT2D eigenvalue weighted by atomic mass is 16.5. The number of nitrogens with one attached hydrogen (secondary N) is 2. The number of hydrogen-bond donors (Lipinski definition) is 2. The molecule has 0 fully saturated rings. The molecule has 0 aromatic heterocycles. The standard InChI is InChI=1S/C17H20N2O2/c1-12-6-4-7-13(2)16(12)11-18-14-8-5-9-15(10-14)19-17(20)21-3/h4-10,18H,11H2,1-3H3,(H,19,20). The Morgan fingerprint density at radius 1 is 1.05 bits per heavy atom. The molecule has 0 aliphatic carbocycles.